The van der Waals surface area contributed by atoms with Crippen molar-refractivity contribution >= 4 is 11.0 Å². The van der Waals surface area contributed by atoms with Crippen LogP contribution in [0.2, 0.25) is 0 Å². The first-order valence-corrected chi connectivity index (χ1v) is 9.25. The molecule has 4 heteroatoms. The Bertz CT molecular complexity index is 589. The van der Waals surface area contributed by atoms with E-state index in [9.17, 15) is 4.21 Å². The van der Waals surface area contributed by atoms with Crippen LogP contribution in [-0.4, -0.2) is 26.9 Å². The van der Waals surface area contributed by atoms with Crippen LogP contribution < -0.4 is 4.72 Å². The van der Waals surface area contributed by atoms with Gasteiger partial charge in [0.2, 0.25) is 0 Å². The Kier molecular flexibility index (Phi) is 4.42. The second-order valence-electron chi connectivity index (χ2n) is 7.38. The number of benzene rings is 1. The lowest BCUT2D eigenvalue weighted by Gasteiger charge is -2.20. The van der Waals surface area contributed by atoms with E-state index in [1.54, 1.807) is 0 Å². The maximum Gasteiger partial charge on any atom is 0.122 e. The lowest BCUT2D eigenvalue weighted by molar-refractivity contribution is 0.313. The average Bonchev–Trinajstić information content (AvgIpc) is 3.00. The van der Waals surface area contributed by atoms with E-state index in [0.29, 0.717) is 5.92 Å². The van der Waals surface area contributed by atoms with Gasteiger partial charge in [-0.25, -0.2) is 4.21 Å². The van der Waals surface area contributed by atoms with Crippen LogP contribution in [0.3, 0.4) is 0 Å². The topological polar surface area (TPSA) is 32.3 Å². The molecule has 0 spiro atoms. The minimum absolute atomic E-state index is 0.214. The fourth-order valence-corrected chi connectivity index (χ4v) is 4.05. The maximum absolute atomic E-state index is 12.3. The van der Waals surface area contributed by atoms with Gasteiger partial charge in [-0.3, -0.25) is 4.90 Å². The van der Waals surface area contributed by atoms with Gasteiger partial charge in [0.1, 0.15) is 11.0 Å². The number of rotatable bonds is 4. The molecule has 1 aromatic rings. The third kappa shape index (κ3) is 3.44. The Morgan fingerprint density at radius 2 is 2.00 bits per heavy atom. The minimum atomic E-state index is -1.01. The molecular weight excluding hydrogens is 292 g/mol. The Morgan fingerprint density at radius 3 is 2.68 bits per heavy atom. The standard InChI is InChI=1S/C18H26N2OS/c1-18(2,3)22(21)19-17-10-9-15-12-20(13-16(15)17)11-14-7-5-4-6-8-14/h4-8,15,19H,9-13H2,1-3H3/t15-,22+/m1/s1. The number of fused-ring (bicyclic) bond motifs is 1. The summed E-state index contributed by atoms with van der Waals surface area (Å²) in [6, 6.07) is 10.6. The van der Waals surface area contributed by atoms with Gasteiger partial charge in [0.25, 0.3) is 0 Å². The Morgan fingerprint density at radius 1 is 1.27 bits per heavy atom. The van der Waals surface area contributed by atoms with E-state index in [1.807, 2.05) is 20.8 Å². The van der Waals surface area contributed by atoms with Gasteiger partial charge in [-0.2, -0.15) is 0 Å². The molecule has 0 bridgehead atoms. The predicted molar refractivity (Wildman–Crippen MR) is 92.5 cm³/mol. The fraction of sp³-hybridized carbons (Fsp3) is 0.556. The number of nitrogens with one attached hydrogen (secondary N) is 1. The quantitative estimate of drug-likeness (QED) is 0.924. The highest BCUT2D eigenvalue weighted by atomic mass is 32.2. The molecule has 0 saturated carbocycles. The van der Waals surface area contributed by atoms with Crippen molar-refractivity contribution in [1.82, 2.24) is 9.62 Å². The molecule has 1 aliphatic carbocycles. The van der Waals surface area contributed by atoms with Gasteiger partial charge < -0.3 is 4.72 Å². The molecule has 1 N–H and O–H groups in total. The molecule has 1 aliphatic heterocycles. The molecule has 22 heavy (non-hydrogen) atoms. The van der Waals surface area contributed by atoms with Crippen LogP contribution in [0.1, 0.15) is 39.2 Å². The molecule has 120 valence electrons. The molecule has 0 unspecified atom stereocenters. The zero-order chi connectivity index (χ0) is 15.7. The number of likely N-dealkylation sites (tertiary alicyclic amines) is 1. The Balaban J connectivity index is 1.67. The highest BCUT2D eigenvalue weighted by molar-refractivity contribution is 7.84. The number of nitrogens with zero attached hydrogens (tertiary/aromatic N) is 1. The Hall–Kier alpha value is -1.13. The molecule has 2 atom stereocenters. The number of hydrogen-bond donors (Lipinski definition) is 1. The summed E-state index contributed by atoms with van der Waals surface area (Å²) in [4.78, 5) is 2.51. The number of allylic oxidation sites excluding steroid dienone is 1. The van der Waals surface area contributed by atoms with Gasteiger partial charge >= 0.3 is 0 Å². The van der Waals surface area contributed by atoms with Crippen molar-refractivity contribution < 1.29 is 4.21 Å². The van der Waals surface area contributed by atoms with Gasteiger partial charge in [0.05, 0.1) is 4.75 Å². The van der Waals surface area contributed by atoms with Gasteiger partial charge in [0, 0.05) is 25.3 Å². The highest BCUT2D eigenvalue weighted by Gasteiger charge is 2.35. The zero-order valence-corrected chi connectivity index (χ0v) is 14.6. The Labute approximate surface area is 136 Å². The predicted octanol–water partition coefficient (Wildman–Crippen LogP) is 3.22. The van der Waals surface area contributed by atoms with Crippen molar-refractivity contribution in [3.63, 3.8) is 0 Å². The van der Waals surface area contributed by atoms with Gasteiger partial charge in [-0.1, -0.05) is 30.3 Å². The van der Waals surface area contributed by atoms with E-state index in [1.165, 1.54) is 23.3 Å². The van der Waals surface area contributed by atoms with Gasteiger partial charge in [-0.05, 0) is 50.7 Å². The molecule has 3 rings (SSSR count). The largest absolute Gasteiger partial charge is 0.309 e. The SMILES string of the molecule is CC(C)(C)[S@](=O)NC1=C2CN(Cc3ccccc3)C[C@H]2CC1. The average molecular weight is 318 g/mol. The first-order valence-electron chi connectivity index (χ1n) is 8.10. The van der Waals surface area contributed by atoms with Crippen LogP contribution >= 0.6 is 0 Å². The smallest absolute Gasteiger partial charge is 0.122 e. The monoisotopic (exact) mass is 318 g/mol. The van der Waals surface area contributed by atoms with Crippen molar-refractivity contribution in [2.75, 3.05) is 13.1 Å². The lowest BCUT2D eigenvalue weighted by Crippen LogP contribution is -2.33. The van der Waals surface area contributed by atoms with Gasteiger partial charge in [0.15, 0.2) is 0 Å². The molecule has 1 saturated heterocycles. The molecule has 3 nitrogen and oxygen atoms in total. The van der Waals surface area contributed by atoms with Crippen molar-refractivity contribution in [2.24, 2.45) is 5.92 Å². The summed E-state index contributed by atoms with van der Waals surface area (Å²) < 4.78 is 15.4. The van der Waals surface area contributed by atoms with Crippen molar-refractivity contribution in [3.8, 4) is 0 Å². The minimum Gasteiger partial charge on any atom is -0.309 e. The normalized spacial score (nSPS) is 23.7. The second-order valence-corrected chi connectivity index (χ2v) is 9.34. The van der Waals surface area contributed by atoms with E-state index < -0.39 is 11.0 Å². The summed E-state index contributed by atoms with van der Waals surface area (Å²) in [5.74, 6) is 0.656. The van der Waals surface area contributed by atoms with Crippen LogP contribution in [0.5, 0.6) is 0 Å². The van der Waals surface area contributed by atoms with E-state index in [2.05, 4.69) is 40.0 Å². The van der Waals surface area contributed by atoms with Crippen molar-refractivity contribution in [1.29, 1.82) is 0 Å². The van der Waals surface area contributed by atoms with Crippen LogP contribution in [0.4, 0.5) is 0 Å². The summed E-state index contributed by atoms with van der Waals surface area (Å²) in [5.41, 5.74) is 4.11. The third-order valence-electron chi connectivity index (χ3n) is 4.52. The van der Waals surface area contributed by atoms with Gasteiger partial charge in [-0.15, -0.1) is 0 Å². The molecule has 0 aromatic heterocycles. The van der Waals surface area contributed by atoms with E-state index in [0.717, 1.165) is 26.1 Å². The molecule has 1 fully saturated rings. The highest BCUT2D eigenvalue weighted by Crippen LogP contribution is 2.37. The van der Waals surface area contributed by atoms with Crippen LogP contribution in [0.25, 0.3) is 0 Å². The fourth-order valence-electron chi connectivity index (χ4n) is 3.29. The van der Waals surface area contributed by atoms with E-state index >= 15 is 0 Å². The first-order chi connectivity index (χ1) is 10.4. The molecule has 0 amide bonds. The second kappa shape index (κ2) is 6.17. The maximum atomic E-state index is 12.3. The summed E-state index contributed by atoms with van der Waals surface area (Å²) in [5, 5.41) is 0. The molecule has 1 heterocycles. The van der Waals surface area contributed by atoms with E-state index in [4.69, 9.17) is 0 Å². The number of hydrogen-bond acceptors (Lipinski definition) is 2. The van der Waals surface area contributed by atoms with Crippen molar-refractivity contribution in [2.45, 2.75) is 44.9 Å². The summed E-state index contributed by atoms with van der Waals surface area (Å²) in [6.45, 7) is 9.22. The van der Waals surface area contributed by atoms with E-state index in [-0.39, 0.29) is 4.75 Å². The molecule has 0 radical (unpaired) electrons. The summed E-state index contributed by atoms with van der Waals surface area (Å²) in [7, 11) is -1.01. The summed E-state index contributed by atoms with van der Waals surface area (Å²) in [6.07, 6.45) is 2.26. The first kappa shape index (κ1) is 15.8. The zero-order valence-electron chi connectivity index (χ0n) is 13.8. The molecule has 2 aliphatic rings. The summed E-state index contributed by atoms with van der Waals surface area (Å²) >= 11 is 0. The molecular formula is C18H26N2OS. The van der Waals surface area contributed by atoms with Crippen LogP contribution in [0, 0.1) is 5.92 Å². The van der Waals surface area contributed by atoms with Crippen molar-refractivity contribution in [3.05, 3.63) is 47.2 Å². The third-order valence-corrected chi connectivity index (χ3v) is 6.06. The lowest BCUT2D eigenvalue weighted by atomic mass is 10.1. The van der Waals surface area contributed by atoms with Crippen LogP contribution in [0.15, 0.2) is 41.6 Å². The van der Waals surface area contributed by atoms with Crippen LogP contribution in [-0.2, 0) is 17.5 Å². The molecule has 1 aromatic carbocycles.